The molecule has 5 nitrogen and oxygen atoms in total. The monoisotopic (exact) mass is 291 g/mol. The highest BCUT2D eigenvalue weighted by Crippen LogP contribution is 2.40. The van der Waals surface area contributed by atoms with Gasteiger partial charge in [0.1, 0.15) is 5.76 Å². The molecule has 1 aliphatic carbocycles. The molecular formula is C16H25N3O2. The van der Waals surface area contributed by atoms with E-state index in [1.807, 2.05) is 0 Å². The minimum absolute atomic E-state index is 0.132. The molecule has 0 aromatic carbocycles. The fourth-order valence-corrected chi connectivity index (χ4v) is 3.04. The molecule has 5 heteroatoms. The van der Waals surface area contributed by atoms with Crippen LogP contribution in [0.25, 0.3) is 0 Å². The second kappa shape index (κ2) is 5.79. The van der Waals surface area contributed by atoms with E-state index in [2.05, 4.69) is 29.2 Å². The molecule has 2 fully saturated rings. The lowest BCUT2D eigenvalue weighted by Gasteiger charge is -2.35. The normalized spacial score (nSPS) is 20.5. The molecular weight excluding hydrogens is 266 g/mol. The number of aromatic nitrogens is 1. The maximum absolute atomic E-state index is 12.3. The summed E-state index contributed by atoms with van der Waals surface area (Å²) in [6, 6.07) is 1.80. The van der Waals surface area contributed by atoms with Gasteiger partial charge in [-0.05, 0) is 52.6 Å². The van der Waals surface area contributed by atoms with Crippen LogP contribution >= 0.6 is 0 Å². The van der Waals surface area contributed by atoms with Gasteiger partial charge in [0.15, 0.2) is 5.69 Å². The molecule has 1 amide bonds. The second-order valence-electron chi connectivity index (χ2n) is 7.06. The van der Waals surface area contributed by atoms with Crippen molar-refractivity contribution in [1.29, 1.82) is 0 Å². The van der Waals surface area contributed by atoms with Gasteiger partial charge in [0, 0.05) is 24.1 Å². The highest BCUT2D eigenvalue weighted by Gasteiger charge is 2.30. The van der Waals surface area contributed by atoms with E-state index in [1.165, 1.54) is 19.3 Å². The van der Waals surface area contributed by atoms with Crippen molar-refractivity contribution in [2.45, 2.75) is 57.4 Å². The summed E-state index contributed by atoms with van der Waals surface area (Å²) in [6.07, 6.45) is 6.15. The van der Waals surface area contributed by atoms with Crippen molar-refractivity contribution >= 4 is 5.91 Å². The van der Waals surface area contributed by atoms with Crippen LogP contribution in [0.3, 0.4) is 0 Å². The minimum atomic E-state index is -0.257. The van der Waals surface area contributed by atoms with E-state index in [0.717, 1.165) is 38.2 Å². The fraction of sp³-hybridized carbons (Fsp3) is 0.750. The molecule has 2 aliphatic rings. The van der Waals surface area contributed by atoms with E-state index in [-0.39, 0.29) is 11.4 Å². The van der Waals surface area contributed by atoms with Crippen LogP contribution in [0.15, 0.2) is 10.6 Å². The zero-order chi connectivity index (χ0) is 14.9. The van der Waals surface area contributed by atoms with Crippen molar-refractivity contribution in [3.63, 3.8) is 0 Å². The zero-order valence-electron chi connectivity index (χ0n) is 13.0. The maximum Gasteiger partial charge on any atom is 0.273 e. The second-order valence-corrected chi connectivity index (χ2v) is 7.06. The lowest BCUT2D eigenvalue weighted by atomic mass is 10.0. The van der Waals surface area contributed by atoms with Gasteiger partial charge in [-0.2, -0.15) is 0 Å². The molecule has 1 aromatic heterocycles. The van der Waals surface area contributed by atoms with Crippen molar-refractivity contribution in [3.8, 4) is 0 Å². The Bertz CT molecular complexity index is 499. The molecule has 1 saturated heterocycles. The van der Waals surface area contributed by atoms with Crippen LogP contribution in [0.4, 0.5) is 0 Å². The topological polar surface area (TPSA) is 58.4 Å². The van der Waals surface area contributed by atoms with Gasteiger partial charge in [-0.25, -0.2) is 0 Å². The SMILES string of the molecule is CC(C)(CN1CCCCC1)NC(=O)c1cc(C2CC2)on1. The standard InChI is InChI=1S/C16H25N3O2/c1-16(2,11-19-8-4-3-5-9-19)17-15(20)13-10-14(21-18-13)12-6-7-12/h10,12H,3-9,11H2,1-2H3,(H,17,20). The first-order valence-electron chi connectivity index (χ1n) is 8.05. The molecule has 21 heavy (non-hydrogen) atoms. The predicted octanol–water partition coefficient (Wildman–Crippen LogP) is 2.55. The van der Waals surface area contributed by atoms with Crippen molar-refractivity contribution in [3.05, 3.63) is 17.5 Å². The van der Waals surface area contributed by atoms with Gasteiger partial charge in [-0.3, -0.25) is 4.79 Å². The first kappa shape index (κ1) is 14.6. The van der Waals surface area contributed by atoms with E-state index in [1.54, 1.807) is 6.07 Å². The van der Waals surface area contributed by atoms with Crippen LogP contribution in [0, 0.1) is 0 Å². The number of hydrogen-bond donors (Lipinski definition) is 1. The molecule has 1 N–H and O–H groups in total. The number of piperidine rings is 1. The van der Waals surface area contributed by atoms with Gasteiger partial charge in [-0.1, -0.05) is 11.6 Å². The van der Waals surface area contributed by atoms with Gasteiger partial charge in [-0.15, -0.1) is 0 Å². The first-order valence-corrected chi connectivity index (χ1v) is 8.05. The summed E-state index contributed by atoms with van der Waals surface area (Å²) in [4.78, 5) is 14.7. The van der Waals surface area contributed by atoms with Crippen LogP contribution in [0.5, 0.6) is 0 Å². The van der Waals surface area contributed by atoms with E-state index < -0.39 is 0 Å². The third-order valence-electron chi connectivity index (χ3n) is 4.26. The van der Waals surface area contributed by atoms with Crippen molar-refractivity contribution in [1.82, 2.24) is 15.4 Å². The highest BCUT2D eigenvalue weighted by atomic mass is 16.5. The van der Waals surface area contributed by atoms with Gasteiger partial charge in [0.05, 0.1) is 0 Å². The molecule has 0 spiro atoms. The molecule has 2 heterocycles. The van der Waals surface area contributed by atoms with E-state index in [0.29, 0.717) is 11.6 Å². The lowest BCUT2D eigenvalue weighted by molar-refractivity contribution is 0.0869. The summed E-state index contributed by atoms with van der Waals surface area (Å²) < 4.78 is 5.25. The van der Waals surface area contributed by atoms with Crippen LogP contribution < -0.4 is 5.32 Å². The van der Waals surface area contributed by atoms with Crippen LogP contribution in [-0.4, -0.2) is 41.1 Å². The van der Waals surface area contributed by atoms with Crippen LogP contribution in [0.2, 0.25) is 0 Å². The molecule has 116 valence electrons. The highest BCUT2D eigenvalue weighted by molar-refractivity contribution is 5.92. The van der Waals surface area contributed by atoms with Gasteiger partial charge in [0.25, 0.3) is 5.91 Å². The average molecular weight is 291 g/mol. The summed E-state index contributed by atoms with van der Waals surface area (Å²) in [5.41, 5.74) is 0.149. The molecule has 1 aliphatic heterocycles. The maximum atomic E-state index is 12.3. The number of hydrogen-bond acceptors (Lipinski definition) is 4. The average Bonchev–Trinajstić information content (AvgIpc) is 3.16. The number of likely N-dealkylation sites (tertiary alicyclic amines) is 1. The van der Waals surface area contributed by atoms with Crippen LogP contribution in [-0.2, 0) is 0 Å². The lowest BCUT2D eigenvalue weighted by Crippen LogP contribution is -2.52. The summed E-state index contributed by atoms with van der Waals surface area (Å²) in [6.45, 7) is 7.29. The van der Waals surface area contributed by atoms with E-state index in [9.17, 15) is 4.79 Å². The number of carbonyl (C=O) groups excluding carboxylic acids is 1. The number of nitrogens with one attached hydrogen (secondary N) is 1. The summed E-state index contributed by atoms with van der Waals surface area (Å²) >= 11 is 0. The van der Waals surface area contributed by atoms with Gasteiger partial charge < -0.3 is 14.7 Å². The molecule has 0 atom stereocenters. The first-order chi connectivity index (χ1) is 10.0. The molecule has 3 rings (SSSR count). The van der Waals surface area contributed by atoms with Gasteiger partial charge in [0.2, 0.25) is 0 Å². The Kier molecular flexibility index (Phi) is 4.02. The Labute approximate surface area is 126 Å². The Hall–Kier alpha value is -1.36. The quantitative estimate of drug-likeness (QED) is 0.905. The third-order valence-corrected chi connectivity index (χ3v) is 4.26. The summed E-state index contributed by atoms with van der Waals surface area (Å²) in [5.74, 6) is 1.21. The molecule has 0 bridgehead atoms. The van der Waals surface area contributed by atoms with Crippen molar-refractivity contribution in [2.24, 2.45) is 0 Å². The Balaban J connectivity index is 1.56. The Morgan fingerprint density at radius 3 is 2.76 bits per heavy atom. The fourth-order valence-electron chi connectivity index (χ4n) is 3.04. The van der Waals surface area contributed by atoms with E-state index in [4.69, 9.17) is 4.52 Å². The number of nitrogens with zero attached hydrogens (tertiary/aromatic N) is 2. The zero-order valence-corrected chi connectivity index (χ0v) is 13.0. The predicted molar refractivity (Wildman–Crippen MR) is 80.3 cm³/mol. The third kappa shape index (κ3) is 3.84. The smallest absolute Gasteiger partial charge is 0.273 e. The largest absolute Gasteiger partial charge is 0.360 e. The number of amides is 1. The Morgan fingerprint density at radius 1 is 1.38 bits per heavy atom. The van der Waals surface area contributed by atoms with Crippen molar-refractivity contribution < 1.29 is 9.32 Å². The minimum Gasteiger partial charge on any atom is -0.360 e. The summed E-state index contributed by atoms with van der Waals surface area (Å²) in [7, 11) is 0. The van der Waals surface area contributed by atoms with E-state index >= 15 is 0 Å². The molecule has 0 unspecified atom stereocenters. The molecule has 1 saturated carbocycles. The number of carbonyl (C=O) groups is 1. The van der Waals surface area contributed by atoms with Crippen LogP contribution in [0.1, 0.15) is 68.1 Å². The van der Waals surface area contributed by atoms with Crippen molar-refractivity contribution in [2.75, 3.05) is 19.6 Å². The summed E-state index contributed by atoms with van der Waals surface area (Å²) in [5, 5.41) is 7.00. The Morgan fingerprint density at radius 2 is 2.10 bits per heavy atom. The van der Waals surface area contributed by atoms with Gasteiger partial charge >= 0.3 is 0 Å². The molecule has 1 aromatic rings. The molecule has 0 radical (unpaired) electrons. The number of rotatable bonds is 5.